The number of methoxy groups -OCH3 is 1. The Morgan fingerprint density at radius 3 is 2.35 bits per heavy atom. The highest BCUT2D eigenvalue weighted by Crippen LogP contribution is 2.30. The van der Waals surface area contributed by atoms with Crippen molar-refractivity contribution in [2.45, 2.75) is 44.2 Å². The summed E-state index contributed by atoms with van der Waals surface area (Å²) in [6, 6.07) is 12.0. The predicted molar refractivity (Wildman–Crippen MR) is 126 cm³/mol. The maximum atomic E-state index is 13.5. The fourth-order valence-corrected chi connectivity index (χ4v) is 5.33. The van der Waals surface area contributed by atoms with Crippen LogP contribution in [-0.2, 0) is 26.2 Å². The summed E-state index contributed by atoms with van der Waals surface area (Å²) in [5, 5.41) is 2.80. The second kappa shape index (κ2) is 10.7. The number of ether oxygens (including phenoxy) is 1. The van der Waals surface area contributed by atoms with Crippen LogP contribution < -0.4 is 10.1 Å². The van der Waals surface area contributed by atoms with E-state index in [0.717, 1.165) is 12.0 Å². The summed E-state index contributed by atoms with van der Waals surface area (Å²) >= 11 is 0. The van der Waals surface area contributed by atoms with Crippen LogP contribution in [0.5, 0.6) is 5.75 Å². The third kappa shape index (κ3) is 5.06. The first-order valence-corrected chi connectivity index (χ1v) is 12.5. The van der Waals surface area contributed by atoms with Gasteiger partial charge in [0, 0.05) is 13.1 Å². The maximum absolute atomic E-state index is 13.5. The molecule has 1 heterocycles. The highest BCUT2D eigenvalue weighted by atomic mass is 32.2. The smallest absolute Gasteiger partial charge is 0.269 e. The highest BCUT2D eigenvalue weighted by Gasteiger charge is 2.43. The van der Waals surface area contributed by atoms with Gasteiger partial charge in [-0.25, -0.2) is 12.7 Å². The molecule has 10 heteroatoms. The summed E-state index contributed by atoms with van der Waals surface area (Å²) in [7, 11) is -2.61. The second-order valence-corrected chi connectivity index (χ2v) is 9.73. The van der Waals surface area contributed by atoms with Crippen molar-refractivity contribution in [2.75, 3.05) is 20.2 Å². The molecule has 1 aliphatic heterocycles. The van der Waals surface area contributed by atoms with Gasteiger partial charge in [0.1, 0.15) is 23.2 Å². The number of hydrogen-bond donors (Lipinski definition) is 1. The minimum atomic E-state index is -4.15. The van der Waals surface area contributed by atoms with Crippen LogP contribution in [0.4, 0.5) is 0 Å². The molecule has 34 heavy (non-hydrogen) atoms. The molecular weight excluding hydrogens is 458 g/mol. The lowest BCUT2D eigenvalue weighted by Gasteiger charge is -2.31. The average Bonchev–Trinajstić information content (AvgIpc) is 3.03. The minimum Gasteiger partial charge on any atom is -0.497 e. The van der Waals surface area contributed by atoms with Crippen molar-refractivity contribution >= 4 is 27.7 Å². The Balaban J connectivity index is 1.90. The number of fused-ring (bicyclic) bond motifs is 1. The number of amides is 3. The van der Waals surface area contributed by atoms with Gasteiger partial charge in [-0.15, -0.1) is 0 Å². The molecule has 2 aromatic carbocycles. The molecule has 2 aromatic rings. The molecule has 9 nitrogen and oxygen atoms in total. The third-order valence-electron chi connectivity index (χ3n) is 5.64. The summed E-state index contributed by atoms with van der Waals surface area (Å²) in [6.07, 6.45) is 1.05. The van der Waals surface area contributed by atoms with Crippen molar-refractivity contribution in [3.63, 3.8) is 0 Å². The molecule has 0 radical (unpaired) electrons. The van der Waals surface area contributed by atoms with Crippen molar-refractivity contribution in [1.29, 1.82) is 0 Å². The molecule has 0 aliphatic carbocycles. The number of nitrogens with one attached hydrogen (secondary N) is 1. The van der Waals surface area contributed by atoms with Crippen LogP contribution in [0.2, 0.25) is 0 Å². The fourth-order valence-electron chi connectivity index (χ4n) is 3.81. The van der Waals surface area contributed by atoms with Crippen molar-refractivity contribution in [3.8, 4) is 5.75 Å². The van der Waals surface area contributed by atoms with E-state index < -0.39 is 34.4 Å². The Morgan fingerprint density at radius 2 is 1.76 bits per heavy atom. The molecule has 0 aromatic heterocycles. The monoisotopic (exact) mass is 487 g/mol. The van der Waals surface area contributed by atoms with Crippen molar-refractivity contribution < 1.29 is 27.5 Å². The molecule has 1 aliphatic rings. The van der Waals surface area contributed by atoms with Crippen molar-refractivity contribution in [3.05, 3.63) is 59.7 Å². The van der Waals surface area contributed by atoms with Gasteiger partial charge in [0.2, 0.25) is 11.8 Å². The summed E-state index contributed by atoms with van der Waals surface area (Å²) in [5.41, 5.74) is 0.763. The normalized spacial score (nSPS) is 14.9. The van der Waals surface area contributed by atoms with Crippen LogP contribution in [-0.4, -0.2) is 61.6 Å². The van der Waals surface area contributed by atoms with Gasteiger partial charge in [0.25, 0.3) is 15.9 Å². The van der Waals surface area contributed by atoms with Gasteiger partial charge >= 0.3 is 0 Å². The molecule has 0 fully saturated rings. The largest absolute Gasteiger partial charge is 0.497 e. The van der Waals surface area contributed by atoms with E-state index in [-0.39, 0.29) is 22.9 Å². The predicted octanol–water partition coefficient (Wildman–Crippen LogP) is 2.17. The first-order valence-electron chi connectivity index (χ1n) is 11.1. The Hall–Kier alpha value is -3.40. The van der Waals surface area contributed by atoms with Gasteiger partial charge in [-0.2, -0.15) is 0 Å². The molecular formula is C24H29N3O6S. The molecule has 1 atom stereocenters. The molecule has 0 bridgehead atoms. The average molecular weight is 488 g/mol. The van der Waals surface area contributed by atoms with Crippen LogP contribution in [0.3, 0.4) is 0 Å². The van der Waals surface area contributed by atoms with Crippen LogP contribution in [0.15, 0.2) is 53.4 Å². The Bertz CT molecular complexity index is 1160. The number of rotatable bonds is 10. The van der Waals surface area contributed by atoms with E-state index in [1.54, 1.807) is 44.4 Å². The Kier molecular flexibility index (Phi) is 7.93. The van der Waals surface area contributed by atoms with Crippen LogP contribution in [0, 0.1) is 0 Å². The zero-order chi connectivity index (χ0) is 24.9. The molecule has 3 rings (SSSR count). The SMILES string of the molecule is CCCNC(=O)C(CC)N(Cc1ccc(OC)cc1)C(=O)CN1C(=O)c2ccccc2S1(=O)=O. The summed E-state index contributed by atoms with van der Waals surface area (Å²) < 4.78 is 31.6. The molecule has 1 unspecified atom stereocenters. The summed E-state index contributed by atoms with van der Waals surface area (Å²) in [4.78, 5) is 40.3. The number of carbonyl (C=O) groups is 3. The molecule has 3 amide bonds. The van der Waals surface area contributed by atoms with E-state index in [4.69, 9.17) is 4.74 Å². The lowest BCUT2D eigenvalue weighted by Crippen LogP contribution is -2.52. The van der Waals surface area contributed by atoms with Gasteiger partial charge in [-0.05, 0) is 42.7 Å². The molecule has 0 saturated heterocycles. The zero-order valence-corrected chi connectivity index (χ0v) is 20.3. The lowest BCUT2D eigenvalue weighted by atomic mass is 10.1. The van der Waals surface area contributed by atoms with E-state index >= 15 is 0 Å². The van der Waals surface area contributed by atoms with Crippen LogP contribution in [0.1, 0.15) is 42.6 Å². The standard InChI is InChI=1S/C24H29N3O6S/c1-4-14-25-23(29)20(5-2)26(15-17-10-12-18(33-3)13-11-17)22(28)16-27-24(30)19-8-6-7-9-21(19)34(27,31)32/h6-13,20H,4-5,14-16H2,1-3H3,(H,25,29). The van der Waals surface area contributed by atoms with E-state index in [1.807, 2.05) is 6.92 Å². The zero-order valence-electron chi connectivity index (χ0n) is 19.5. The molecule has 1 N–H and O–H groups in total. The van der Waals surface area contributed by atoms with Gasteiger partial charge in [0.05, 0.1) is 12.7 Å². The first kappa shape index (κ1) is 25.2. The van der Waals surface area contributed by atoms with Gasteiger partial charge < -0.3 is 15.0 Å². The number of nitrogens with zero attached hydrogens (tertiary/aromatic N) is 2. The van der Waals surface area contributed by atoms with Gasteiger partial charge in [-0.1, -0.05) is 38.1 Å². The van der Waals surface area contributed by atoms with E-state index in [1.165, 1.54) is 23.1 Å². The third-order valence-corrected chi connectivity index (χ3v) is 7.43. The van der Waals surface area contributed by atoms with Crippen LogP contribution in [0.25, 0.3) is 0 Å². The molecule has 182 valence electrons. The fraction of sp³-hybridized carbons (Fsp3) is 0.375. The quantitative estimate of drug-likeness (QED) is 0.550. The Morgan fingerprint density at radius 1 is 1.09 bits per heavy atom. The minimum absolute atomic E-state index is 0.0322. The maximum Gasteiger partial charge on any atom is 0.269 e. The number of hydrogen-bond acceptors (Lipinski definition) is 6. The van der Waals surface area contributed by atoms with Crippen molar-refractivity contribution in [1.82, 2.24) is 14.5 Å². The van der Waals surface area contributed by atoms with E-state index in [9.17, 15) is 22.8 Å². The van der Waals surface area contributed by atoms with Crippen LogP contribution >= 0.6 is 0 Å². The lowest BCUT2D eigenvalue weighted by molar-refractivity contribution is -0.141. The highest BCUT2D eigenvalue weighted by molar-refractivity contribution is 7.90. The van der Waals surface area contributed by atoms with E-state index in [0.29, 0.717) is 23.0 Å². The van der Waals surface area contributed by atoms with Gasteiger partial charge in [0.15, 0.2) is 0 Å². The summed E-state index contributed by atoms with van der Waals surface area (Å²) in [6.45, 7) is 3.52. The Labute approximate surface area is 199 Å². The summed E-state index contributed by atoms with van der Waals surface area (Å²) in [5.74, 6) is -1.08. The molecule has 0 saturated carbocycles. The molecule has 0 spiro atoms. The number of sulfonamides is 1. The van der Waals surface area contributed by atoms with E-state index in [2.05, 4.69) is 5.32 Å². The van der Waals surface area contributed by atoms with Gasteiger partial charge in [-0.3, -0.25) is 14.4 Å². The second-order valence-electron chi connectivity index (χ2n) is 7.90. The topological polar surface area (TPSA) is 113 Å². The first-order chi connectivity index (χ1) is 16.2. The number of benzene rings is 2. The number of carbonyl (C=O) groups excluding carboxylic acids is 3. The van der Waals surface area contributed by atoms with Crippen molar-refractivity contribution in [2.24, 2.45) is 0 Å².